The van der Waals surface area contributed by atoms with Crippen LogP contribution in [-0.2, 0) is 4.74 Å². The van der Waals surface area contributed by atoms with E-state index in [1.54, 1.807) is 0 Å². The van der Waals surface area contributed by atoms with E-state index >= 15 is 0 Å². The second-order valence-corrected chi connectivity index (χ2v) is 1.96. The highest BCUT2D eigenvalue weighted by atomic mass is 16.5. The highest BCUT2D eigenvalue weighted by Gasteiger charge is 2.08. The van der Waals surface area contributed by atoms with Crippen molar-refractivity contribution in [3.63, 3.8) is 0 Å². The van der Waals surface area contributed by atoms with Crippen molar-refractivity contribution in [2.45, 2.75) is 6.04 Å². The van der Waals surface area contributed by atoms with Crippen LogP contribution in [0, 0.1) is 0 Å². The van der Waals surface area contributed by atoms with E-state index in [0.29, 0.717) is 12.6 Å². The number of rotatable bonds is 1. The Labute approximate surface area is 49.2 Å². The van der Waals surface area contributed by atoms with Crippen LogP contribution >= 0.6 is 0 Å². The third-order valence-corrected chi connectivity index (χ3v) is 1.28. The van der Waals surface area contributed by atoms with Gasteiger partial charge >= 0.3 is 0 Å². The molecule has 1 heterocycles. The third-order valence-electron chi connectivity index (χ3n) is 1.28. The standard InChI is InChI=1S/C5H12N2O/c6-3-5-4-8-2-1-7-5/h5,7H,1-4,6H2/t5-/m1/s1. The lowest BCUT2D eigenvalue weighted by atomic mass is 10.3. The zero-order valence-corrected chi connectivity index (χ0v) is 4.89. The predicted molar refractivity (Wildman–Crippen MR) is 31.7 cm³/mol. The molecule has 0 radical (unpaired) electrons. The van der Waals surface area contributed by atoms with Crippen molar-refractivity contribution in [3.8, 4) is 0 Å². The van der Waals surface area contributed by atoms with Crippen molar-refractivity contribution >= 4 is 0 Å². The Morgan fingerprint density at radius 3 is 3.00 bits per heavy atom. The van der Waals surface area contributed by atoms with Crippen molar-refractivity contribution in [1.82, 2.24) is 5.32 Å². The monoisotopic (exact) mass is 116 g/mol. The number of nitrogens with one attached hydrogen (secondary N) is 1. The Kier molecular flexibility index (Phi) is 2.27. The highest BCUT2D eigenvalue weighted by Crippen LogP contribution is 1.88. The normalized spacial score (nSPS) is 30.4. The highest BCUT2D eigenvalue weighted by molar-refractivity contribution is 4.69. The Balaban J connectivity index is 2.13. The van der Waals surface area contributed by atoms with Gasteiger partial charge in [-0.1, -0.05) is 0 Å². The molecule has 1 saturated heterocycles. The molecule has 1 aliphatic rings. The molecular weight excluding hydrogens is 104 g/mol. The average Bonchev–Trinajstić information content (AvgIpc) is 1.90. The maximum atomic E-state index is 5.36. The van der Waals surface area contributed by atoms with Crippen LogP contribution in [0.1, 0.15) is 0 Å². The molecule has 0 spiro atoms. The molecule has 0 aromatic carbocycles. The number of ether oxygens (including phenoxy) is 1. The van der Waals surface area contributed by atoms with Gasteiger partial charge in [-0.05, 0) is 0 Å². The number of hydrogen-bond acceptors (Lipinski definition) is 3. The molecule has 3 heteroatoms. The van der Waals surface area contributed by atoms with E-state index < -0.39 is 0 Å². The van der Waals surface area contributed by atoms with Crippen molar-refractivity contribution in [1.29, 1.82) is 0 Å². The summed E-state index contributed by atoms with van der Waals surface area (Å²) in [5.41, 5.74) is 5.36. The summed E-state index contributed by atoms with van der Waals surface area (Å²) in [6.07, 6.45) is 0. The van der Waals surface area contributed by atoms with Crippen LogP contribution < -0.4 is 11.1 Å². The first-order valence-electron chi connectivity index (χ1n) is 2.94. The predicted octanol–water partition coefficient (Wildman–Crippen LogP) is -1.07. The molecule has 0 amide bonds. The van der Waals surface area contributed by atoms with Gasteiger partial charge in [0.05, 0.1) is 13.2 Å². The summed E-state index contributed by atoms with van der Waals surface area (Å²) in [6.45, 7) is 3.23. The van der Waals surface area contributed by atoms with Gasteiger partial charge in [-0.3, -0.25) is 0 Å². The first kappa shape index (κ1) is 6.01. The van der Waals surface area contributed by atoms with E-state index in [0.717, 1.165) is 19.8 Å². The molecule has 0 aliphatic carbocycles. The van der Waals surface area contributed by atoms with Crippen LogP contribution in [0.2, 0.25) is 0 Å². The molecule has 0 aromatic rings. The van der Waals surface area contributed by atoms with E-state index in [-0.39, 0.29) is 0 Å². The SMILES string of the molecule is NC[C@@H]1COCCN1. The molecule has 1 rings (SSSR count). The van der Waals surface area contributed by atoms with Gasteiger partial charge in [-0.2, -0.15) is 0 Å². The van der Waals surface area contributed by atoms with Gasteiger partial charge < -0.3 is 15.8 Å². The van der Waals surface area contributed by atoms with Crippen LogP contribution in [0.3, 0.4) is 0 Å². The van der Waals surface area contributed by atoms with Crippen molar-refractivity contribution in [2.24, 2.45) is 5.73 Å². The molecule has 8 heavy (non-hydrogen) atoms. The zero-order chi connectivity index (χ0) is 5.82. The Morgan fingerprint density at radius 1 is 1.75 bits per heavy atom. The summed E-state index contributed by atoms with van der Waals surface area (Å²) in [4.78, 5) is 0. The molecule has 1 aliphatic heterocycles. The van der Waals surface area contributed by atoms with Gasteiger partial charge in [0.2, 0.25) is 0 Å². The van der Waals surface area contributed by atoms with Crippen LogP contribution in [0.5, 0.6) is 0 Å². The van der Waals surface area contributed by atoms with E-state index in [1.165, 1.54) is 0 Å². The van der Waals surface area contributed by atoms with Crippen molar-refractivity contribution in [3.05, 3.63) is 0 Å². The maximum absolute atomic E-state index is 5.36. The molecule has 0 saturated carbocycles. The van der Waals surface area contributed by atoms with Crippen LogP contribution in [0.25, 0.3) is 0 Å². The lowest BCUT2D eigenvalue weighted by Gasteiger charge is -2.21. The summed E-state index contributed by atoms with van der Waals surface area (Å²) in [5, 5.41) is 3.22. The molecule has 0 unspecified atom stereocenters. The minimum Gasteiger partial charge on any atom is -0.378 e. The molecule has 48 valence electrons. The lowest BCUT2D eigenvalue weighted by Crippen LogP contribution is -2.45. The van der Waals surface area contributed by atoms with Gasteiger partial charge in [0.15, 0.2) is 0 Å². The quantitative estimate of drug-likeness (QED) is 0.459. The van der Waals surface area contributed by atoms with Gasteiger partial charge in [-0.25, -0.2) is 0 Å². The summed E-state index contributed by atoms with van der Waals surface area (Å²) >= 11 is 0. The van der Waals surface area contributed by atoms with Crippen molar-refractivity contribution in [2.75, 3.05) is 26.3 Å². The van der Waals surface area contributed by atoms with Gasteiger partial charge in [0, 0.05) is 19.1 Å². The summed E-state index contributed by atoms with van der Waals surface area (Å²) in [5.74, 6) is 0. The van der Waals surface area contributed by atoms with E-state index in [9.17, 15) is 0 Å². The molecule has 0 bridgehead atoms. The van der Waals surface area contributed by atoms with E-state index in [1.807, 2.05) is 0 Å². The fourth-order valence-electron chi connectivity index (χ4n) is 0.771. The summed E-state index contributed by atoms with van der Waals surface area (Å²) < 4.78 is 5.13. The Bertz CT molecular complexity index is 61.4. The first-order valence-corrected chi connectivity index (χ1v) is 2.94. The fourth-order valence-corrected chi connectivity index (χ4v) is 0.771. The maximum Gasteiger partial charge on any atom is 0.0632 e. The minimum atomic E-state index is 0.392. The molecule has 1 atom stereocenters. The third kappa shape index (κ3) is 1.43. The average molecular weight is 116 g/mol. The van der Waals surface area contributed by atoms with Gasteiger partial charge in [0.1, 0.15) is 0 Å². The molecule has 0 aromatic heterocycles. The van der Waals surface area contributed by atoms with Gasteiger partial charge in [0.25, 0.3) is 0 Å². The largest absolute Gasteiger partial charge is 0.378 e. The van der Waals surface area contributed by atoms with Crippen LogP contribution in [-0.4, -0.2) is 32.3 Å². The molecule has 3 nitrogen and oxygen atoms in total. The number of nitrogens with two attached hydrogens (primary N) is 1. The van der Waals surface area contributed by atoms with E-state index in [2.05, 4.69) is 5.32 Å². The molecular formula is C5H12N2O. The summed E-state index contributed by atoms with van der Waals surface area (Å²) in [6, 6.07) is 0.392. The van der Waals surface area contributed by atoms with E-state index in [4.69, 9.17) is 10.5 Å². The number of hydrogen-bond donors (Lipinski definition) is 2. The zero-order valence-electron chi connectivity index (χ0n) is 4.89. The Hall–Kier alpha value is -0.120. The Morgan fingerprint density at radius 2 is 2.62 bits per heavy atom. The topological polar surface area (TPSA) is 47.3 Å². The van der Waals surface area contributed by atoms with Gasteiger partial charge in [-0.15, -0.1) is 0 Å². The molecule has 3 N–H and O–H groups in total. The van der Waals surface area contributed by atoms with Crippen molar-refractivity contribution < 1.29 is 4.74 Å². The fraction of sp³-hybridized carbons (Fsp3) is 1.00. The first-order chi connectivity index (χ1) is 3.93. The minimum absolute atomic E-state index is 0.392. The molecule has 1 fully saturated rings. The lowest BCUT2D eigenvalue weighted by molar-refractivity contribution is 0.0794. The summed E-state index contributed by atoms with van der Waals surface area (Å²) in [7, 11) is 0. The second kappa shape index (κ2) is 3.02. The smallest absolute Gasteiger partial charge is 0.0632 e. The number of morpholine rings is 1. The van der Waals surface area contributed by atoms with Crippen LogP contribution in [0.15, 0.2) is 0 Å². The van der Waals surface area contributed by atoms with Crippen LogP contribution in [0.4, 0.5) is 0 Å². The second-order valence-electron chi connectivity index (χ2n) is 1.96.